The molecular formula is C19H13ClF3N3O. The van der Waals surface area contributed by atoms with E-state index in [1.54, 1.807) is 24.3 Å². The predicted molar refractivity (Wildman–Crippen MR) is 95.4 cm³/mol. The Labute approximate surface area is 158 Å². The summed E-state index contributed by atoms with van der Waals surface area (Å²) in [5.74, 6) is -0.391. The van der Waals surface area contributed by atoms with Gasteiger partial charge in [-0.3, -0.25) is 9.78 Å². The SMILES string of the molecule is O=C(c1cccnc1)N(Cc1ccc(Cl)nc1)c1ccc(C(F)(F)F)cc1. The molecule has 1 amide bonds. The third kappa shape index (κ3) is 4.62. The molecule has 0 saturated heterocycles. The van der Waals surface area contributed by atoms with Gasteiger partial charge in [-0.15, -0.1) is 0 Å². The average molecular weight is 392 g/mol. The van der Waals surface area contributed by atoms with Gasteiger partial charge in [-0.2, -0.15) is 13.2 Å². The highest BCUT2D eigenvalue weighted by Crippen LogP contribution is 2.31. The number of aromatic nitrogens is 2. The van der Waals surface area contributed by atoms with Gasteiger partial charge in [0.05, 0.1) is 17.7 Å². The number of carbonyl (C=O) groups excluding carboxylic acids is 1. The molecular weight excluding hydrogens is 379 g/mol. The zero-order valence-corrected chi connectivity index (χ0v) is 14.6. The molecule has 0 radical (unpaired) electrons. The summed E-state index contributed by atoms with van der Waals surface area (Å²) in [6.45, 7) is 0.114. The van der Waals surface area contributed by atoms with Crippen molar-refractivity contribution < 1.29 is 18.0 Å². The molecule has 0 aliphatic heterocycles. The Morgan fingerprint density at radius 1 is 1.04 bits per heavy atom. The molecule has 3 rings (SSSR count). The topological polar surface area (TPSA) is 46.1 Å². The van der Waals surface area contributed by atoms with Crippen molar-refractivity contribution in [2.45, 2.75) is 12.7 Å². The van der Waals surface area contributed by atoms with Crippen LogP contribution in [0, 0.1) is 0 Å². The molecule has 0 spiro atoms. The molecule has 2 heterocycles. The molecule has 8 heteroatoms. The number of halogens is 4. The maximum atomic E-state index is 12.9. The van der Waals surface area contributed by atoms with Gasteiger partial charge in [0.15, 0.2) is 0 Å². The minimum atomic E-state index is -4.45. The van der Waals surface area contributed by atoms with E-state index in [2.05, 4.69) is 9.97 Å². The summed E-state index contributed by atoms with van der Waals surface area (Å²) in [7, 11) is 0. The van der Waals surface area contributed by atoms with E-state index in [9.17, 15) is 18.0 Å². The van der Waals surface area contributed by atoms with Gasteiger partial charge in [-0.25, -0.2) is 4.98 Å². The second-order valence-electron chi connectivity index (χ2n) is 5.67. The first kappa shape index (κ1) is 18.8. The van der Waals surface area contributed by atoms with Crippen molar-refractivity contribution in [2.75, 3.05) is 4.90 Å². The molecule has 0 fully saturated rings. The van der Waals surface area contributed by atoms with Crippen LogP contribution in [-0.4, -0.2) is 15.9 Å². The van der Waals surface area contributed by atoms with Crippen molar-refractivity contribution in [3.63, 3.8) is 0 Å². The van der Waals surface area contributed by atoms with Crippen molar-refractivity contribution in [3.8, 4) is 0 Å². The molecule has 4 nitrogen and oxygen atoms in total. The lowest BCUT2D eigenvalue weighted by atomic mass is 10.1. The summed E-state index contributed by atoms with van der Waals surface area (Å²) in [5.41, 5.74) is 0.538. The van der Waals surface area contributed by atoms with Gasteiger partial charge in [-0.1, -0.05) is 17.7 Å². The zero-order valence-electron chi connectivity index (χ0n) is 13.8. The van der Waals surface area contributed by atoms with Gasteiger partial charge in [0, 0.05) is 24.3 Å². The van der Waals surface area contributed by atoms with Gasteiger partial charge in [-0.05, 0) is 48.0 Å². The Morgan fingerprint density at radius 3 is 2.33 bits per heavy atom. The van der Waals surface area contributed by atoms with Crippen molar-refractivity contribution in [1.29, 1.82) is 0 Å². The number of alkyl halides is 3. The minimum absolute atomic E-state index is 0.114. The van der Waals surface area contributed by atoms with Crippen molar-refractivity contribution >= 4 is 23.2 Å². The number of amides is 1. The Bertz CT molecular complexity index is 914. The Balaban J connectivity index is 1.96. The second kappa shape index (κ2) is 7.75. The van der Waals surface area contributed by atoms with E-state index in [4.69, 9.17) is 11.6 Å². The summed E-state index contributed by atoms with van der Waals surface area (Å²) in [6.07, 6.45) is -0.00531. The number of nitrogens with zero attached hydrogens (tertiary/aromatic N) is 3. The Hall–Kier alpha value is -2.93. The summed E-state index contributed by atoms with van der Waals surface area (Å²) in [4.78, 5) is 22.2. The van der Waals surface area contributed by atoms with Gasteiger partial charge in [0.1, 0.15) is 5.15 Å². The quantitative estimate of drug-likeness (QED) is 0.588. The highest BCUT2D eigenvalue weighted by molar-refractivity contribution is 6.29. The fourth-order valence-corrected chi connectivity index (χ4v) is 2.55. The van der Waals surface area contributed by atoms with Gasteiger partial charge in [0.25, 0.3) is 5.91 Å². The van der Waals surface area contributed by atoms with Crippen LogP contribution in [-0.2, 0) is 12.7 Å². The van der Waals surface area contributed by atoms with Gasteiger partial charge in [0.2, 0.25) is 0 Å². The highest BCUT2D eigenvalue weighted by Gasteiger charge is 2.30. The van der Waals surface area contributed by atoms with E-state index in [0.717, 1.165) is 12.1 Å². The highest BCUT2D eigenvalue weighted by atomic mass is 35.5. The number of anilines is 1. The molecule has 2 aromatic heterocycles. The lowest BCUT2D eigenvalue weighted by Gasteiger charge is -2.23. The summed E-state index contributed by atoms with van der Waals surface area (Å²) < 4.78 is 38.5. The largest absolute Gasteiger partial charge is 0.416 e. The van der Waals surface area contributed by atoms with Crippen LogP contribution in [0.2, 0.25) is 5.15 Å². The number of rotatable bonds is 4. The zero-order chi connectivity index (χ0) is 19.4. The van der Waals surface area contributed by atoms with E-state index in [0.29, 0.717) is 22.0 Å². The van der Waals surface area contributed by atoms with E-state index in [1.165, 1.54) is 35.6 Å². The Morgan fingerprint density at radius 2 is 1.78 bits per heavy atom. The summed E-state index contributed by atoms with van der Waals surface area (Å²) in [6, 6.07) is 10.9. The van der Waals surface area contributed by atoms with Crippen LogP contribution in [0.5, 0.6) is 0 Å². The van der Waals surface area contributed by atoms with Crippen LogP contribution < -0.4 is 4.90 Å². The van der Waals surface area contributed by atoms with E-state index in [1.807, 2.05) is 0 Å². The maximum Gasteiger partial charge on any atom is 0.416 e. The molecule has 0 bridgehead atoms. The summed E-state index contributed by atoms with van der Waals surface area (Å²) in [5, 5.41) is 0.304. The molecule has 0 N–H and O–H groups in total. The first-order chi connectivity index (χ1) is 12.8. The third-order valence-electron chi connectivity index (χ3n) is 3.79. The molecule has 1 aromatic carbocycles. The van der Waals surface area contributed by atoms with Crippen LogP contribution >= 0.6 is 11.6 Å². The number of hydrogen-bond acceptors (Lipinski definition) is 3. The number of carbonyl (C=O) groups is 1. The molecule has 0 aliphatic carbocycles. The fraction of sp³-hybridized carbons (Fsp3) is 0.105. The van der Waals surface area contributed by atoms with Crippen LogP contribution in [0.4, 0.5) is 18.9 Å². The van der Waals surface area contributed by atoms with Crippen LogP contribution in [0.15, 0.2) is 67.1 Å². The molecule has 27 heavy (non-hydrogen) atoms. The first-order valence-electron chi connectivity index (χ1n) is 7.84. The lowest BCUT2D eigenvalue weighted by molar-refractivity contribution is -0.137. The molecule has 0 unspecified atom stereocenters. The van der Waals surface area contributed by atoms with Crippen LogP contribution in [0.1, 0.15) is 21.5 Å². The molecule has 0 atom stereocenters. The average Bonchev–Trinajstić information content (AvgIpc) is 2.67. The number of pyridine rings is 2. The third-order valence-corrected chi connectivity index (χ3v) is 4.01. The monoisotopic (exact) mass is 391 g/mol. The molecule has 138 valence electrons. The Kier molecular flexibility index (Phi) is 5.41. The van der Waals surface area contributed by atoms with Crippen LogP contribution in [0.3, 0.4) is 0 Å². The predicted octanol–water partition coefficient (Wildman–Crippen LogP) is 5.00. The van der Waals surface area contributed by atoms with Gasteiger partial charge >= 0.3 is 6.18 Å². The lowest BCUT2D eigenvalue weighted by Crippen LogP contribution is -2.30. The standard InChI is InChI=1S/C19H13ClF3N3O/c20-17-8-3-13(10-25-17)12-26(18(27)14-2-1-9-24-11-14)16-6-4-15(5-7-16)19(21,22)23/h1-11H,12H2. The minimum Gasteiger partial charge on any atom is -0.304 e. The number of hydrogen-bond donors (Lipinski definition) is 0. The van der Waals surface area contributed by atoms with Crippen molar-refractivity contribution in [3.05, 3.63) is 89.0 Å². The van der Waals surface area contributed by atoms with E-state index >= 15 is 0 Å². The van der Waals surface area contributed by atoms with E-state index < -0.39 is 17.6 Å². The van der Waals surface area contributed by atoms with Crippen molar-refractivity contribution in [2.24, 2.45) is 0 Å². The normalized spacial score (nSPS) is 11.3. The summed E-state index contributed by atoms with van der Waals surface area (Å²) >= 11 is 5.78. The van der Waals surface area contributed by atoms with E-state index in [-0.39, 0.29) is 6.54 Å². The molecule has 0 saturated carbocycles. The van der Waals surface area contributed by atoms with Gasteiger partial charge < -0.3 is 4.90 Å². The number of benzene rings is 1. The smallest absolute Gasteiger partial charge is 0.304 e. The molecule has 3 aromatic rings. The maximum absolute atomic E-state index is 12.9. The van der Waals surface area contributed by atoms with Crippen LogP contribution in [0.25, 0.3) is 0 Å². The second-order valence-corrected chi connectivity index (χ2v) is 6.05. The molecule has 0 aliphatic rings. The van der Waals surface area contributed by atoms with Crippen molar-refractivity contribution in [1.82, 2.24) is 9.97 Å². The first-order valence-corrected chi connectivity index (χ1v) is 8.22. The fourth-order valence-electron chi connectivity index (χ4n) is 2.44.